The molecule has 0 aromatic carbocycles. The highest BCUT2D eigenvalue weighted by molar-refractivity contribution is 5.97. The molecule has 2 aromatic rings. The molecule has 6 rings (SSSR count). The number of pyridine rings is 1. The van der Waals surface area contributed by atoms with E-state index in [0.29, 0.717) is 17.4 Å². The van der Waals surface area contributed by atoms with Crippen LogP contribution in [0.5, 0.6) is 5.88 Å². The molecule has 1 aliphatic carbocycles. The molecule has 3 saturated heterocycles. The Balaban J connectivity index is 1.44. The summed E-state index contributed by atoms with van der Waals surface area (Å²) in [6.45, 7) is 2.43. The first-order chi connectivity index (χ1) is 13.7. The SMILES string of the molecule is COc1nc2c(cc1C(=O)N1C[C@H]3CC[C@@H]1CN(c1ncccn1)C3)CCC2. The number of rotatable bonds is 3. The van der Waals surface area contributed by atoms with Crippen molar-refractivity contribution >= 4 is 11.9 Å². The van der Waals surface area contributed by atoms with E-state index >= 15 is 0 Å². The summed E-state index contributed by atoms with van der Waals surface area (Å²) < 4.78 is 5.50. The fourth-order valence-corrected chi connectivity index (χ4v) is 4.87. The smallest absolute Gasteiger partial charge is 0.259 e. The van der Waals surface area contributed by atoms with Gasteiger partial charge in [-0.3, -0.25) is 4.79 Å². The monoisotopic (exact) mass is 379 g/mol. The minimum atomic E-state index is 0.0459. The third-order valence-corrected chi connectivity index (χ3v) is 6.25. The molecule has 0 spiro atoms. The average Bonchev–Trinajstić information content (AvgIpc) is 3.00. The van der Waals surface area contributed by atoms with Crippen molar-refractivity contribution in [2.24, 2.45) is 5.92 Å². The van der Waals surface area contributed by atoms with Gasteiger partial charge < -0.3 is 14.5 Å². The lowest BCUT2D eigenvalue weighted by Gasteiger charge is -2.36. The van der Waals surface area contributed by atoms with Crippen LogP contribution in [0, 0.1) is 5.92 Å². The molecule has 0 N–H and O–H groups in total. The fourth-order valence-electron chi connectivity index (χ4n) is 4.87. The molecule has 7 nitrogen and oxygen atoms in total. The van der Waals surface area contributed by atoms with Gasteiger partial charge in [0.15, 0.2) is 0 Å². The van der Waals surface area contributed by atoms with Crippen molar-refractivity contribution in [2.75, 3.05) is 31.6 Å². The van der Waals surface area contributed by atoms with Crippen LogP contribution in [-0.2, 0) is 12.8 Å². The lowest BCUT2D eigenvalue weighted by atomic mass is 9.94. The quantitative estimate of drug-likeness (QED) is 0.813. The third kappa shape index (κ3) is 2.99. The number of anilines is 1. The summed E-state index contributed by atoms with van der Waals surface area (Å²) in [5, 5.41) is 0. The van der Waals surface area contributed by atoms with Gasteiger partial charge >= 0.3 is 0 Å². The molecule has 2 atom stereocenters. The average molecular weight is 379 g/mol. The molecule has 1 amide bonds. The number of carbonyl (C=O) groups excluding carboxylic acids is 1. The summed E-state index contributed by atoms with van der Waals surface area (Å²) >= 11 is 0. The Kier molecular flexibility index (Phi) is 4.37. The van der Waals surface area contributed by atoms with Crippen LogP contribution >= 0.6 is 0 Å². The van der Waals surface area contributed by atoms with Gasteiger partial charge in [0.1, 0.15) is 5.56 Å². The first-order valence-corrected chi connectivity index (χ1v) is 10.1. The van der Waals surface area contributed by atoms with Crippen molar-refractivity contribution in [3.63, 3.8) is 0 Å². The number of hydrogen-bond donors (Lipinski definition) is 0. The number of ether oxygens (including phenoxy) is 1. The first kappa shape index (κ1) is 17.4. The van der Waals surface area contributed by atoms with Gasteiger partial charge in [-0.2, -0.15) is 0 Å². The van der Waals surface area contributed by atoms with Crippen LogP contribution < -0.4 is 9.64 Å². The molecule has 4 aliphatic rings. The van der Waals surface area contributed by atoms with Crippen LogP contribution in [0.1, 0.15) is 40.9 Å². The topological polar surface area (TPSA) is 71.5 Å². The van der Waals surface area contributed by atoms with E-state index in [-0.39, 0.29) is 11.9 Å². The molecule has 5 heterocycles. The zero-order valence-corrected chi connectivity index (χ0v) is 16.2. The number of carbonyl (C=O) groups is 1. The van der Waals surface area contributed by atoms with Gasteiger partial charge in [0, 0.05) is 43.8 Å². The Hall–Kier alpha value is -2.70. The number of methoxy groups -OCH3 is 1. The lowest BCUT2D eigenvalue weighted by molar-refractivity contribution is 0.0587. The van der Waals surface area contributed by atoms with E-state index in [4.69, 9.17) is 4.74 Å². The molecule has 0 saturated carbocycles. The van der Waals surface area contributed by atoms with Gasteiger partial charge in [-0.25, -0.2) is 15.0 Å². The Morgan fingerprint density at radius 3 is 2.82 bits per heavy atom. The second kappa shape index (κ2) is 7.04. The summed E-state index contributed by atoms with van der Waals surface area (Å²) in [7, 11) is 1.60. The normalized spacial score (nSPS) is 23.5. The number of nitrogens with zero attached hydrogens (tertiary/aromatic N) is 5. The van der Waals surface area contributed by atoms with Gasteiger partial charge in [-0.15, -0.1) is 0 Å². The van der Waals surface area contributed by atoms with E-state index in [1.807, 2.05) is 17.0 Å². The van der Waals surface area contributed by atoms with Crippen molar-refractivity contribution in [1.29, 1.82) is 0 Å². The van der Waals surface area contributed by atoms with Gasteiger partial charge in [0.2, 0.25) is 11.8 Å². The summed E-state index contributed by atoms with van der Waals surface area (Å²) in [5.74, 6) is 1.70. The van der Waals surface area contributed by atoms with E-state index in [0.717, 1.165) is 63.4 Å². The second-order valence-electron chi connectivity index (χ2n) is 8.01. The molecule has 7 heteroatoms. The van der Waals surface area contributed by atoms with Crippen LogP contribution in [0.25, 0.3) is 0 Å². The number of aromatic nitrogens is 3. The molecule has 3 fully saturated rings. The molecule has 2 aromatic heterocycles. The Bertz CT molecular complexity index is 888. The van der Waals surface area contributed by atoms with Gasteiger partial charge in [0.25, 0.3) is 5.91 Å². The summed E-state index contributed by atoms with van der Waals surface area (Å²) in [6, 6.07) is 4.01. The Morgan fingerprint density at radius 1 is 1.14 bits per heavy atom. The zero-order chi connectivity index (χ0) is 19.1. The molecule has 0 unspecified atom stereocenters. The number of aryl methyl sites for hydroxylation is 2. The number of fused-ring (bicyclic) bond motifs is 5. The number of amides is 1. The Labute approximate surface area is 164 Å². The molecule has 2 bridgehead atoms. The van der Waals surface area contributed by atoms with Gasteiger partial charge in [-0.1, -0.05) is 0 Å². The van der Waals surface area contributed by atoms with Crippen molar-refractivity contribution in [3.05, 3.63) is 41.3 Å². The van der Waals surface area contributed by atoms with Gasteiger partial charge in [0.05, 0.1) is 7.11 Å². The maximum atomic E-state index is 13.5. The molecule has 0 radical (unpaired) electrons. The van der Waals surface area contributed by atoms with E-state index in [2.05, 4.69) is 19.9 Å². The number of hydrogen-bond acceptors (Lipinski definition) is 6. The fraction of sp³-hybridized carbons (Fsp3) is 0.524. The van der Waals surface area contributed by atoms with Crippen molar-refractivity contribution in [2.45, 2.75) is 38.1 Å². The minimum absolute atomic E-state index is 0.0459. The first-order valence-electron chi connectivity index (χ1n) is 10.1. The summed E-state index contributed by atoms with van der Waals surface area (Å²) in [5.41, 5.74) is 2.89. The van der Waals surface area contributed by atoms with Crippen LogP contribution in [0.4, 0.5) is 5.95 Å². The molecule has 28 heavy (non-hydrogen) atoms. The van der Waals surface area contributed by atoms with Crippen molar-refractivity contribution in [1.82, 2.24) is 19.9 Å². The second-order valence-corrected chi connectivity index (χ2v) is 8.01. The standard InChI is InChI=1S/C21H25N5O2/c1-28-19-17(10-15-4-2-5-18(15)24-19)20(27)26-12-14-6-7-16(26)13-25(11-14)21-22-8-3-9-23-21/h3,8-10,14,16H,2,4-7,11-13H2,1H3/t14-,16+/m0/s1. The van der Waals surface area contributed by atoms with Crippen LogP contribution in [0.15, 0.2) is 24.5 Å². The van der Waals surface area contributed by atoms with E-state index < -0.39 is 0 Å². The highest BCUT2D eigenvalue weighted by atomic mass is 16.5. The predicted octanol–water partition coefficient (Wildman–Crippen LogP) is 2.11. The summed E-state index contributed by atoms with van der Waals surface area (Å²) in [4.78, 5) is 31.3. The molecular weight excluding hydrogens is 354 g/mol. The van der Waals surface area contributed by atoms with E-state index in [1.54, 1.807) is 19.5 Å². The zero-order valence-electron chi connectivity index (χ0n) is 16.2. The highest BCUT2D eigenvalue weighted by Gasteiger charge is 2.39. The van der Waals surface area contributed by atoms with E-state index in [9.17, 15) is 4.79 Å². The van der Waals surface area contributed by atoms with Crippen molar-refractivity contribution < 1.29 is 9.53 Å². The molecular formula is C21H25N5O2. The third-order valence-electron chi connectivity index (χ3n) is 6.25. The van der Waals surface area contributed by atoms with Crippen LogP contribution in [-0.4, -0.2) is 58.5 Å². The Morgan fingerprint density at radius 2 is 2.00 bits per heavy atom. The van der Waals surface area contributed by atoms with Crippen molar-refractivity contribution in [3.8, 4) is 5.88 Å². The maximum Gasteiger partial charge on any atom is 0.259 e. The van der Waals surface area contributed by atoms with E-state index in [1.165, 1.54) is 5.56 Å². The highest BCUT2D eigenvalue weighted by Crippen LogP contribution is 2.33. The largest absolute Gasteiger partial charge is 0.480 e. The van der Waals surface area contributed by atoms with Gasteiger partial charge in [-0.05, 0) is 55.7 Å². The van der Waals surface area contributed by atoms with Crippen LogP contribution in [0.3, 0.4) is 0 Å². The molecule has 3 aliphatic heterocycles. The van der Waals surface area contributed by atoms with Crippen LogP contribution in [0.2, 0.25) is 0 Å². The predicted molar refractivity (Wildman–Crippen MR) is 105 cm³/mol. The molecule has 146 valence electrons. The minimum Gasteiger partial charge on any atom is -0.480 e. The maximum absolute atomic E-state index is 13.5. The lowest BCUT2D eigenvalue weighted by Crippen LogP contribution is -2.47. The number of piperidine rings is 1. The summed E-state index contributed by atoms with van der Waals surface area (Å²) in [6.07, 6.45) is 8.78.